The molecule has 9 heteroatoms. The van der Waals surface area contributed by atoms with E-state index in [0.717, 1.165) is 16.2 Å². The van der Waals surface area contributed by atoms with Gasteiger partial charge in [0.05, 0.1) is 29.7 Å². The summed E-state index contributed by atoms with van der Waals surface area (Å²) in [4.78, 5) is 30.7. The normalized spacial score (nSPS) is 10.4. The highest BCUT2D eigenvalue weighted by atomic mass is 79.9. The van der Waals surface area contributed by atoms with Gasteiger partial charge in [0, 0.05) is 21.4 Å². The molecule has 0 spiro atoms. The van der Waals surface area contributed by atoms with Crippen molar-refractivity contribution < 1.29 is 14.3 Å². The summed E-state index contributed by atoms with van der Waals surface area (Å²) in [6.07, 6.45) is 0. The maximum atomic E-state index is 13.5. The zero-order chi connectivity index (χ0) is 27.1. The van der Waals surface area contributed by atoms with Crippen molar-refractivity contribution in [3.8, 4) is 22.9 Å². The molecule has 0 bridgehead atoms. The highest BCUT2D eigenvalue weighted by molar-refractivity contribution is 9.10. The molecule has 0 aliphatic carbocycles. The van der Waals surface area contributed by atoms with Crippen LogP contribution in [0.5, 0.6) is 5.75 Å². The zero-order valence-corrected chi connectivity index (χ0v) is 23.0. The van der Waals surface area contributed by atoms with Crippen molar-refractivity contribution in [2.24, 2.45) is 0 Å². The molecule has 190 valence electrons. The lowest BCUT2D eigenvalue weighted by atomic mass is 9.94. The molecule has 3 aromatic carbocycles. The van der Waals surface area contributed by atoms with Crippen LogP contribution in [0.3, 0.4) is 0 Å². The Morgan fingerprint density at radius 1 is 0.974 bits per heavy atom. The van der Waals surface area contributed by atoms with Crippen LogP contribution in [0, 0.1) is 18.3 Å². The third-order valence-corrected chi connectivity index (χ3v) is 7.07. The van der Waals surface area contributed by atoms with Crippen LogP contribution in [0.2, 0.25) is 0 Å². The zero-order valence-electron chi connectivity index (χ0n) is 20.6. The van der Waals surface area contributed by atoms with E-state index >= 15 is 0 Å². The van der Waals surface area contributed by atoms with E-state index in [1.165, 1.54) is 0 Å². The summed E-state index contributed by atoms with van der Waals surface area (Å²) in [7, 11) is 1.57. The Balaban J connectivity index is 1.70. The molecule has 0 atom stereocenters. The molecule has 1 heterocycles. The molecule has 0 saturated carbocycles. The maximum absolute atomic E-state index is 13.5. The van der Waals surface area contributed by atoms with Gasteiger partial charge in [-0.05, 0) is 61.0 Å². The van der Waals surface area contributed by atoms with Crippen LogP contribution in [-0.4, -0.2) is 29.7 Å². The van der Waals surface area contributed by atoms with E-state index in [2.05, 4.69) is 37.6 Å². The van der Waals surface area contributed by atoms with Crippen LogP contribution in [-0.2, 0) is 4.79 Å². The van der Waals surface area contributed by atoms with Gasteiger partial charge in [0.25, 0.3) is 5.91 Å². The van der Waals surface area contributed by atoms with E-state index in [9.17, 15) is 14.9 Å². The number of hydrogen-bond donors (Lipinski definition) is 2. The number of benzene rings is 3. The number of aromatic nitrogens is 1. The smallest absolute Gasteiger partial charge is 0.258 e. The molecule has 1 aromatic heterocycles. The third kappa shape index (κ3) is 6.40. The van der Waals surface area contributed by atoms with Crippen molar-refractivity contribution in [2.45, 2.75) is 11.9 Å². The Bertz CT molecular complexity index is 1500. The number of thioether (sulfide) groups is 1. The number of rotatable bonds is 8. The van der Waals surface area contributed by atoms with Crippen LogP contribution in [0.1, 0.15) is 21.6 Å². The second-order valence-electron chi connectivity index (χ2n) is 8.13. The van der Waals surface area contributed by atoms with Crippen LogP contribution in [0.25, 0.3) is 11.1 Å². The van der Waals surface area contributed by atoms with Gasteiger partial charge in [0.15, 0.2) is 0 Å². The van der Waals surface area contributed by atoms with Gasteiger partial charge < -0.3 is 15.4 Å². The molecule has 2 N–H and O–H groups in total. The van der Waals surface area contributed by atoms with Crippen LogP contribution >= 0.6 is 27.7 Å². The molecule has 0 fully saturated rings. The Morgan fingerprint density at radius 2 is 1.63 bits per heavy atom. The predicted octanol–water partition coefficient (Wildman–Crippen LogP) is 6.68. The van der Waals surface area contributed by atoms with Crippen LogP contribution in [0.15, 0.2) is 88.4 Å². The van der Waals surface area contributed by atoms with Gasteiger partial charge in [-0.15, -0.1) is 0 Å². The molecule has 7 nitrogen and oxygen atoms in total. The van der Waals surface area contributed by atoms with Gasteiger partial charge in [-0.3, -0.25) is 9.59 Å². The third-order valence-electron chi connectivity index (χ3n) is 5.56. The molecule has 2 amide bonds. The number of nitriles is 1. The number of para-hydroxylation sites is 1. The van der Waals surface area contributed by atoms with E-state index < -0.39 is 0 Å². The van der Waals surface area contributed by atoms with E-state index in [0.29, 0.717) is 44.5 Å². The fraction of sp³-hybridized carbons (Fsp3) is 0.103. The minimum Gasteiger partial charge on any atom is -0.497 e. The lowest BCUT2D eigenvalue weighted by Gasteiger charge is -2.17. The summed E-state index contributed by atoms with van der Waals surface area (Å²) in [6.45, 7) is 1.72. The average Bonchev–Trinajstić information content (AvgIpc) is 2.93. The summed E-state index contributed by atoms with van der Waals surface area (Å²) in [5, 5.41) is 16.3. The minimum absolute atomic E-state index is 0.0365. The molecule has 0 aliphatic rings. The number of halogens is 1. The number of carbonyl (C=O) groups excluding carboxylic acids is 2. The second kappa shape index (κ2) is 12.4. The number of carbonyl (C=O) groups is 2. The monoisotopic (exact) mass is 586 g/mol. The number of ether oxygens (including phenoxy) is 1. The molecule has 0 aliphatic heterocycles. The van der Waals surface area contributed by atoms with E-state index in [1.54, 1.807) is 62.6 Å². The van der Waals surface area contributed by atoms with Gasteiger partial charge in [0.2, 0.25) is 5.91 Å². The topological polar surface area (TPSA) is 104 Å². The summed E-state index contributed by atoms with van der Waals surface area (Å²) in [5.41, 5.74) is 3.35. The van der Waals surface area contributed by atoms with Crippen molar-refractivity contribution in [3.05, 3.63) is 100 Å². The van der Waals surface area contributed by atoms with Gasteiger partial charge >= 0.3 is 0 Å². The number of aryl methyl sites for hydroxylation is 1. The second-order valence-corrected chi connectivity index (χ2v) is 10.0. The van der Waals surface area contributed by atoms with E-state index in [-0.39, 0.29) is 23.1 Å². The van der Waals surface area contributed by atoms with Crippen molar-refractivity contribution >= 4 is 50.9 Å². The molecule has 0 radical (unpaired) electrons. The summed E-state index contributed by atoms with van der Waals surface area (Å²) < 4.78 is 6.19. The first-order valence-corrected chi connectivity index (χ1v) is 13.3. The Kier molecular flexibility index (Phi) is 8.79. The number of nitrogens with one attached hydrogen (secondary N) is 2. The molecule has 4 aromatic rings. The van der Waals surface area contributed by atoms with E-state index in [1.807, 2.05) is 30.3 Å². The largest absolute Gasteiger partial charge is 0.497 e. The molecular weight excluding hydrogens is 564 g/mol. The quantitative estimate of drug-likeness (QED) is 0.223. The summed E-state index contributed by atoms with van der Waals surface area (Å²) in [6, 6.07) is 25.7. The lowest BCUT2D eigenvalue weighted by Crippen LogP contribution is -2.18. The van der Waals surface area contributed by atoms with Crippen LogP contribution in [0.4, 0.5) is 11.4 Å². The Labute approximate surface area is 233 Å². The Hall–Kier alpha value is -4.13. The number of hydrogen-bond acceptors (Lipinski definition) is 6. The lowest BCUT2D eigenvalue weighted by molar-refractivity contribution is -0.113. The Morgan fingerprint density at radius 3 is 2.26 bits per heavy atom. The summed E-state index contributed by atoms with van der Waals surface area (Å²) in [5.74, 6) is 0.0626. The van der Waals surface area contributed by atoms with Crippen molar-refractivity contribution in [3.63, 3.8) is 0 Å². The minimum atomic E-state index is -0.381. The van der Waals surface area contributed by atoms with Crippen molar-refractivity contribution in [1.29, 1.82) is 5.26 Å². The number of amides is 2. The molecule has 0 unspecified atom stereocenters. The van der Waals surface area contributed by atoms with Crippen molar-refractivity contribution in [2.75, 3.05) is 23.5 Å². The number of anilines is 2. The van der Waals surface area contributed by atoms with Crippen molar-refractivity contribution in [1.82, 2.24) is 4.98 Å². The standard InChI is InChI=1S/C29H23BrN4O3S/c1-18-26(28(36)34-21-6-4-3-5-7-21)27(19-8-14-23(37-2)15-9-19)24(16-31)29(32-18)38-17-25(35)33-22-12-10-20(30)11-13-22/h3-15H,17H2,1-2H3,(H,33,35)(H,34,36). The number of methoxy groups -OCH3 is 1. The molecule has 0 saturated heterocycles. The number of pyridine rings is 1. The first-order valence-electron chi connectivity index (χ1n) is 11.5. The van der Waals surface area contributed by atoms with Gasteiger partial charge in [-0.2, -0.15) is 5.26 Å². The molecule has 4 rings (SSSR count). The van der Waals surface area contributed by atoms with Gasteiger partial charge in [0.1, 0.15) is 16.8 Å². The molecular formula is C29H23BrN4O3S. The first-order chi connectivity index (χ1) is 18.4. The first kappa shape index (κ1) is 26.9. The predicted molar refractivity (Wildman–Crippen MR) is 154 cm³/mol. The maximum Gasteiger partial charge on any atom is 0.258 e. The number of nitrogens with zero attached hydrogens (tertiary/aromatic N) is 2. The highest BCUT2D eigenvalue weighted by Crippen LogP contribution is 2.36. The fourth-order valence-electron chi connectivity index (χ4n) is 3.79. The molecule has 38 heavy (non-hydrogen) atoms. The van der Waals surface area contributed by atoms with E-state index in [4.69, 9.17) is 4.74 Å². The van der Waals surface area contributed by atoms with Gasteiger partial charge in [-0.25, -0.2) is 4.98 Å². The SMILES string of the molecule is COc1ccc(-c2c(C#N)c(SCC(=O)Nc3ccc(Br)cc3)nc(C)c2C(=O)Nc2ccccc2)cc1. The highest BCUT2D eigenvalue weighted by Gasteiger charge is 2.25. The summed E-state index contributed by atoms with van der Waals surface area (Å²) >= 11 is 4.52. The fourth-order valence-corrected chi connectivity index (χ4v) is 4.89. The van der Waals surface area contributed by atoms with Gasteiger partial charge in [-0.1, -0.05) is 58.0 Å². The average molecular weight is 587 g/mol. The van der Waals surface area contributed by atoms with Crippen LogP contribution < -0.4 is 15.4 Å².